The lowest BCUT2D eigenvalue weighted by atomic mass is 9.95. The summed E-state index contributed by atoms with van der Waals surface area (Å²) >= 11 is 6.38. The number of rotatable bonds is 6. The molecule has 2 aliphatic rings. The number of nitrogens with zero attached hydrogens (tertiary/aromatic N) is 2. The topological polar surface area (TPSA) is 104 Å². The minimum absolute atomic E-state index is 0.0293. The van der Waals surface area contributed by atoms with Gasteiger partial charge in [0.15, 0.2) is 0 Å². The van der Waals surface area contributed by atoms with Crippen LogP contribution >= 0.6 is 11.6 Å². The molecule has 0 radical (unpaired) electrons. The van der Waals surface area contributed by atoms with Gasteiger partial charge >= 0.3 is 0 Å². The lowest BCUT2D eigenvalue weighted by molar-refractivity contribution is -0.120. The normalized spacial score (nSPS) is 18.9. The zero-order valence-corrected chi connectivity index (χ0v) is 23.9. The summed E-state index contributed by atoms with van der Waals surface area (Å²) in [5.74, 6) is -0.588. The van der Waals surface area contributed by atoms with E-state index in [0.29, 0.717) is 13.1 Å². The summed E-state index contributed by atoms with van der Waals surface area (Å²) < 4.78 is 56.6. The predicted molar refractivity (Wildman–Crippen MR) is 151 cm³/mol. The van der Waals surface area contributed by atoms with Gasteiger partial charge in [0.05, 0.1) is 20.5 Å². The Balaban J connectivity index is 1.47. The van der Waals surface area contributed by atoms with Crippen molar-refractivity contribution in [2.75, 3.05) is 18.4 Å². The largest absolute Gasteiger partial charge is 0.323 e. The second kappa shape index (κ2) is 11.0. The maximum atomic E-state index is 13.7. The number of carbonyl (C=O) groups excluding carboxylic acids is 1. The van der Waals surface area contributed by atoms with Crippen molar-refractivity contribution < 1.29 is 21.6 Å². The van der Waals surface area contributed by atoms with E-state index in [4.69, 9.17) is 11.6 Å². The summed E-state index contributed by atoms with van der Waals surface area (Å²) in [4.78, 5) is 13.8. The highest BCUT2D eigenvalue weighted by molar-refractivity contribution is 7.89. The molecule has 2 heterocycles. The van der Waals surface area contributed by atoms with Gasteiger partial charge in [0.25, 0.3) is 0 Å². The molecule has 1 atom stereocenters. The number of nitrogens with one attached hydrogen (secondary N) is 1. The molecule has 5 rings (SSSR count). The van der Waals surface area contributed by atoms with E-state index in [0.717, 1.165) is 36.0 Å². The number of piperidine rings is 1. The average Bonchev–Trinajstić information content (AvgIpc) is 2.94. The van der Waals surface area contributed by atoms with E-state index in [1.807, 2.05) is 31.2 Å². The fraction of sp³-hybridized carbons (Fsp3) is 0.321. The Morgan fingerprint density at radius 3 is 2.18 bits per heavy atom. The molecule has 1 saturated heterocycles. The lowest BCUT2D eigenvalue weighted by Gasteiger charge is -2.35. The van der Waals surface area contributed by atoms with Gasteiger partial charge in [-0.1, -0.05) is 60.0 Å². The van der Waals surface area contributed by atoms with Crippen molar-refractivity contribution in [1.29, 1.82) is 0 Å². The summed E-state index contributed by atoms with van der Waals surface area (Å²) in [6.45, 7) is 2.79. The van der Waals surface area contributed by atoms with Crippen molar-refractivity contribution in [2.24, 2.45) is 0 Å². The Morgan fingerprint density at radius 1 is 0.846 bits per heavy atom. The number of aryl methyl sites for hydroxylation is 1. The van der Waals surface area contributed by atoms with Crippen LogP contribution in [0.4, 0.5) is 5.69 Å². The van der Waals surface area contributed by atoms with Crippen LogP contribution < -0.4 is 5.32 Å². The van der Waals surface area contributed by atoms with E-state index in [1.54, 1.807) is 12.1 Å². The van der Waals surface area contributed by atoms with Crippen molar-refractivity contribution in [2.45, 2.75) is 55.0 Å². The molecule has 3 aromatic rings. The van der Waals surface area contributed by atoms with Crippen LogP contribution in [0.25, 0.3) is 0 Å². The minimum atomic E-state index is -4.03. The van der Waals surface area contributed by atoms with Crippen LogP contribution in [0.3, 0.4) is 0 Å². The zero-order valence-electron chi connectivity index (χ0n) is 21.5. The number of carbonyl (C=O) groups is 1. The summed E-state index contributed by atoms with van der Waals surface area (Å²) in [6.07, 6.45) is 2.74. The van der Waals surface area contributed by atoms with E-state index < -0.39 is 32.0 Å². The Kier molecular flexibility index (Phi) is 7.85. The highest BCUT2D eigenvalue weighted by Crippen LogP contribution is 2.32. The molecule has 39 heavy (non-hydrogen) atoms. The first-order valence-corrected chi connectivity index (χ1v) is 16.1. The monoisotopic (exact) mass is 587 g/mol. The molecule has 8 nitrogen and oxygen atoms in total. The molecule has 1 N–H and O–H groups in total. The lowest BCUT2D eigenvalue weighted by Crippen LogP contribution is -2.50. The smallest absolute Gasteiger partial charge is 0.244 e. The third-order valence-electron chi connectivity index (χ3n) is 7.28. The molecule has 1 fully saturated rings. The van der Waals surface area contributed by atoms with Gasteiger partial charge < -0.3 is 5.32 Å². The van der Waals surface area contributed by atoms with Crippen LogP contribution in [-0.2, 0) is 37.8 Å². The van der Waals surface area contributed by atoms with Crippen LogP contribution in [0.1, 0.15) is 36.0 Å². The third kappa shape index (κ3) is 5.62. The number of hydrogen-bond acceptors (Lipinski definition) is 5. The van der Waals surface area contributed by atoms with Gasteiger partial charge in [-0.3, -0.25) is 4.79 Å². The van der Waals surface area contributed by atoms with E-state index in [1.165, 1.54) is 38.9 Å². The van der Waals surface area contributed by atoms with Crippen LogP contribution in [0, 0.1) is 6.92 Å². The molecule has 0 aliphatic carbocycles. The van der Waals surface area contributed by atoms with Gasteiger partial charge in [0, 0.05) is 19.6 Å². The first kappa shape index (κ1) is 27.8. The van der Waals surface area contributed by atoms with E-state index >= 15 is 0 Å². The van der Waals surface area contributed by atoms with Gasteiger partial charge in [-0.05, 0) is 67.6 Å². The summed E-state index contributed by atoms with van der Waals surface area (Å²) in [5, 5.41) is 2.89. The number of fused-ring (bicyclic) bond motifs is 1. The number of benzene rings is 3. The SMILES string of the molecule is Cc1ccc(S(=O)(=O)N2Cc3ccccc3C[C@H]2C(=O)Nc2cc(S(=O)(=O)N3CCCCC3)ccc2Cl)cc1. The van der Waals surface area contributed by atoms with Gasteiger partial charge in [-0.25, -0.2) is 16.8 Å². The first-order valence-electron chi connectivity index (χ1n) is 12.8. The standard InChI is InChI=1S/C28H30ClN3O5S2/c1-20-9-11-23(12-10-20)39(36,37)32-19-22-8-4-3-7-21(22)17-27(32)28(33)30-26-18-24(13-14-25(26)29)38(34,35)31-15-5-2-6-16-31/h3-4,7-14,18,27H,2,5-6,15-17,19H2,1H3,(H,30,33)/t27-/m0/s1. The van der Waals surface area contributed by atoms with Crippen LogP contribution in [0.15, 0.2) is 76.5 Å². The van der Waals surface area contributed by atoms with Gasteiger partial charge in [-0.2, -0.15) is 8.61 Å². The molecule has 11 heteroatoms. The third-order valence-corrected chi connectivity index (χ3v) is 11.4. The van der Waals surface area contributed by atoms with Crippen LogP contribution in [0.2, 0.25) is 5.02 Å². The second-order valence-electron chi connectivity index (χ2n) is 9.95. The number of sulfonamides is 2. The molecule has 0 spiro atoms. The highest BCUT2D eigenvalue weighted by atomic mass is 35.5. The van der Waals surface area contributed by atoms with E-state index in [2.05, 4.69) is 5.32 Å². The van der Waals surface area contributed by atoms with Gasteiger partial charge in [0.2, 0.25) is 26.0 Å². The number of hydrogen-bond donors (Lipinski definition) is 1. The molecule has 3 aromatic carbocycles. The molecule has 1 amide bonds. The maximum absolute atomic E-state index is 13.7. The molecular formula is C28H30ClN3O5S2. The molecule has 2 aliphatic heterocycles. The predicted octanol–water partition coefficient (Wildman–Crippen LogP) is 4.58. The molecule has 0 unspecified atom stereocenters. The fourth-order valence-corrected chi connectivity index (χ4v) is 8.33. The molecule has 206 valence electrons. The van der Waals surface area contributed by atoms with Gasteiger partial charge in [0.1, 0.15) is 6.04 Å². The maximum Gasteiger partial charge on any atom is 0.244 e. The van der Waals surface area contributed by atoms with Crippen LogP contribution in [-0.4, -0.2) is 50.5 Å². The van der Waals surface area contributed by atoms with Crippen LogP contribution in [0.5, 0.6) is 0 Å². The Labute approximate surface area is 234 Å². The number of amides is 1. The molecule has 0 saturated carbocycles. The van der Waals surface area contributed by atoms with Crippen molar-refractivity contribution in [3.8, 4) is 0 Å². The highest BCUT2D eigenvalue weighted by Gasteiger charge is 2.40. The molecule has 0 bridgehead atoms. The Bertz CT molecular complexity index is 1600. The van der Waals surface area contributed by atoms with Gasteiger partial charge in [-0.15, -0.1) is 0 Å². The summed E-state index contributed by atoms with van der Waals surface area (Å²) in [6, 6.07) is 17.1. The van der Waals surface area contributed by atoms with E-state index in [-0.39, 0.29) is 33.5 Å². The zero-order chi connectivity index (χ0) is 27.8. The summed E-state index contributed by atoms with van der Waals surface area (Å²) in [5.41, 5.74) is 2.73. The van der Waals surface area contributed by atoms with Crippen molar-refractivity contribution >= 4 is 43.2 Å². The van der Waals surface area contributed by atoms with E-state index in [9.17, 15) is 21.6 Å². The van der Waals surface area contributed by atoms with Crippen molar-refractivity contribution in [3.05, 3.63) is 88.4 Å². The molecular weight excluding hydrogens is 558 g/mol. The fourth-order valence-electron chi connectivity index (χ4n) is 5.05. The second-order valence-corrected chi connectivity index (χ2v) is 14.2. The first-order chi connectivity index (χ1) is 18.6. The Hall–Kier alpha value is -2.76. The van der Waals surface area contributed by atoms with Crippen molar-refractivity contribution in [3.63, 3.8) is 0 Å². The quantitative estimate of drug-likeness (QED) is 0.455. The minimum Gasteiger partial charge on any atom is -0.323 e. The molecule has 0 aromatic heterocycles. The average molecular weight is 588 g/mol. The number of anilines is 1. The Morgan fingerprint density at radius 2 is 1.49 bits per heavy atom. The summed E-state index contributed by atoms with van der Waals surface area (Å²) in [7, 11) is -7.79. The van der Waals surface area contributed by atoms with Crippen molar-refractivity contribution in [1.82, 2.24) is 8.61 Å². The number of halogens is 1.